The highest BCUT2D eigenvalue weighted by molar-refractivity contribution is 6.33. The fraction of sp³-hybridized carbons (Fsp3) is 0.286. The standard InChI is InChI=1S/C14H16ClNO2/c1-9-10(8-17)6-14(16(9)2)12-5-4-11(18-3)7-13(12)15/h4-7,17H,8H2,1-3H3. The maximum Gasteiger partial charge on any atom is 0.120 e. The lowest BCUT2D eigenvalue weighted by Gasteiger charge is -2.08. The lowest BCUT2D eigenvalue weighted by molar-refractivity contribution is 0.281. The van der Waals surface area contributed by atoms with E-state index in [1.54, 1.807) is 13.2 Å². The summed E-state index contributed by atoms with van der Waals surface area (Å²) in [5, 5.41) is 9.93. The van der Waals surface area contributed by atoms with Crippen molar-refractivity contribution in [2.24, 2.45) is 7.05 Å². The van der Waals surface area contributed by atoms with Gasteiger partial charge in [-0.05, 0) is 36.8 Å². The molecule has 0 fully saturated rings. The van der Waals surface area contributed by atoms with Gasteiger partial charge in [-0.2, -0.15) is 0 Å². The Labute approximate surface area is 112 Å². The van der Waals surface area contributed by atoms with Crippen molar-refractivity contribution >= 4 is 11.6 Å². The Balaban J connectivity index is 2.55. The number of benzene rings is 1. The van der Waals surface area contributed by atoms with E-state index >= 15 is 0 Å². The summed E-state index contributed by atoms with van der Waals surface area (Å²) in [7, 11) is 3.58. The van der Waals surface area contributed by atoms with E-state index in [2.05, 4.69) is 0 Å². The van der Waals surface area contributed by atoms with Crippen molar-refractivity contribution in [2.45, 2.75) is 13.5 Å². The minimum atomic E-state index is 0.0352. The predicted octanol–water partition coefficient (Wildman–Crippen LogP) is 3.15. The number of aliphatic hydroxyl groups is 1. The van der Waals surface area contributed by atoms with Crippen LogP contribution >= 0.6 is 11.6 Å². The Kier molecular flexibility index (Phi) is 3.64. The van der Waals surface area contributed by atoms with Crippen LogP contribution in [0.4, 0.5) is 0 Å². The highest BCUT2D eigenvalue weighted by atomic mass is 35.5. The summed E-state index contributed by atoms with van der Waals surface area (Å²) in [4.78, 5) is 0. The van der Waals surface area contributed by atoms with Gasteiger partial charge in [0.25, 0.3) is 0 Å². The van der Waals surface area contributed by atoms with Crippen molar-refractivity contribution in [1.82, 2.24) is 4.57 Å². The molecular weight excluding hydrogens is 250 g/mol. The Morgan fingerprint density at radius 2 is 2.06 bits per heavy atom. The van der Waals surface area contributed by atoms with E-state index in [0.29, 0.717) is 5.02 Å². The number of hydrogen-bond acceptors (Lipinski definition) is 2. The van der Waals surface area contributed by atoms with Crippen LogP contribution in [0.15, 0.2) is 24.3 Å². The zero-order valence-corrected chi connectivity index (χ0v) is 11.5. The largest absolute Gasteiger partial charge is 0.497 e. The molecule has 1 aromatic carbocycles. The van der Waals surface area contributed by atoms with Crippen LogP contribution in [0.2, 0.25) is 5.02 Å². The molecule has 0 spiro atoms. The van der Waals surface area contributed by atoms with Gasteiger partial charge in [-0.15, -0.1) is 0 Å². The molecule has 0 bridgehead atoms. The van der Waals surface area contributed by atoms with Crippen molar-refractivity contribution in [3.8, 4) is 17.0 Å². The molecule has 0 aliphatic rings. The van der Waals surface area contributed by atoms with Crippen LogP contribution in [0.3, 0.4) is 0 Å². The third-order valence-corrected chi connectivity index (χ3v) is 3.58. The third kappa shape index (κ3) is 2.11. The van der Waals surface area contributed by atoms with Gasteiger partial charge in [-0.1, -0.05) is 11.6 Å². The molecule has 3 nitrogen and oxygen atoms in total. The monoisotopic (exact) mass is 265 g/mol. The first-order valence-corrected chi connectivity index (χ1v) is 6.06. The van der Waals surface area contributed by atoms with Crippen molar-refractivity contribution in [2.75, 3.05) is 7.11 Å². The quantitative estimate of drug-likeness (QED) is 0.925. The summed E-state index contributed by atoms with van der Waals surface area (Å²) in [6.45, 7) is 2.01. The van der Waals surface area contributed by atoms with Crippen LogP contribution in [0.5, 0.6) is 5.75 Å². The molecule has 0 atom stereocenters. The van der Waals surface area contributed by atoms with Gasteiger partial charge in [0, 0.05) is 24.0 Å². The van der Waals surface area contributed by atoms with Crippen LogP contribution in [-0.2, 0) is 13.7 Å². The zero-order chi connectivity index (χ0) is 13.3. The van der Waals surface area contributed by atoms with Crippen LogP contribution in [-0.4, -0.2) is 16.8 Å². The average molecular weight is 266 g/mol. The van der Waals surface area contributed by atoms with E-state index in [0.717, 1.165) is 28.3 Å². The molecule has 0 aliphatic heterocycles. The van der Waals surface area contributed by atoms with E-state index in [1.807, 2.05) is 36.7 Å². The summed E-state index contributed by atoms with van der Waals surface area (Å²) in [5.74, 6) is 0.733. The van der Waals surface area contributed by atoms with E-state index in [-0.39, 0.29) is 6.61 Å². The van der Waals surface area contributed by atoms with Crippen LogP contribution < -0.4 is 4.74 Å². The summed E-state index contributed by atoms with van der Waals surface area (Å²) in [5.41, 5.74) is 3.88. The minimum absolute atomic E-state index is 0.0352. The molecule has 0 aliphatic carbocycles. The summed E-state index contributed by atoms with van der Waals surface area (Å²) < 4.78 is 7.16. The molecule has 2 rings (SSSR count). The number of rotatable bonds is 3. The fourth-order valence-corrected chi connectivity index (χ4v) is 2.28. The third-order valence-electron chi connectivity index (χ3n) is 3.26. The maximum atomic E-state index is 9.29. The fourth-order valence-electron chi connectivity index (χ4n) is 2.01. The lowest BCUT2D eigenvalue weighted by Crippen LogP contribution is -1.95. The van der Waals surface area contributed by atoms with Gasteiger partial charge >= 0.3 is 0 Å². The average Bonchev–Trinajstić information content (AvgIpc) is 2.66. The summed E-state index contributed by atoms with van der Waals surface area (Å²) in [6.07, 6.45) is 0. The predicted molar refractivity (Wildman–Crippen MR) is 73.1 cm³/mol. The van der Waals surface area contributed by atoms with Crippen molar-refractivity contribution in [3.63, 3.8) is 0 Å². The first-order valence-electron chi connectivity index (χ1n) is 5.68. The number of methoxy groups -OCH3 is 1. The second kappa shape index (κ2) is 5.04. The van der Waals surface area contributed by atoms with Crippen molar-refractivity contribution in [1.29, 1.82) is 0 Å². The van der Waals surface area contributed by atoms with E-state index in [4.69, 9.17) is 16.3 Å². The molecule has 18 heavy (non-hydrogen) atoms. The molecule has 2 aromatic rings. The first-order chi connectivity index (χ1) is 8.58. The van der Waals surface area contributed by atoms with E-state index in [9.17, 15) is 5.11 Å². The molecule has 1 heterocycles. The van der Waals surface area contributed by atoms with Gasteiger partial charge in [0.2, 0.25) is 0 Å². The molecule has 0 saturated heterocycles. The number of nitrogens with zero attached hydrogens (tertiary/aromatic N) is 1. The van der Waals surface area contributed by atoms with Crippen molar-refractivity contribution < 1.29 is 9.84 Å². The second-order valence-electron chi connectivity index (χ2n) is 4.20. The second-order valence-corrected chi connectivity index (χ2v) is 4.61. The van der Waals surface area contributed by atoms with Gasteiger partial charge in [-0.25, -0.2) is 0 Å². The van der Waals surface area contributed by atoms with Gasteiger partial charge < -0.3 is 14.4 Å². The van der Waals surface area contributed by atoms with Gasteiger partial charge in [0.05, 0.1) is 18.7 Å². The summed E-state index contributed by atoms with van der Waals surface area (Å²) in [6, 6.07) is 7.56. The lowest BCUT2D eigenvalue weighted by atomic mass is 10.1. The molecule has 4 heteroatoms. The molecule has 0 amide bonds. The van der Waals surface area contributed by atoms with Crippen LogP contribution in [0.1, 0.15) is 11.3 Å². The number of aliphatic hydroxyl groups excluding tert-OH is 1. The van der Waals surface area contributed by atoms with E-state index in [1.165, 1.54) is 0 Å². The number of aromatic nitrogens is 1. The van der Waals surface area contributed by atoms with Gasteiger partial charge in [-0.3, -0.25) is 0 Å². The maximum absolute atomic E-state index is 9.29. The van der Waals surface area contributed by atoms with Crippen LogP contribution in [0, 0.1) is 6.92 Å². The molecule has 96 valence electrons. The minimum Gasteiger partial charge on any atom is -0.497 e. The molecule has 0 unspecified atom stereocenters. The van der Waals surface area contributed by atoms with Gasteiger partial charge in [0.15, 0.2) is 0 Å². The molecule has 1 N–H and O–H groups in total. The smallest absolute Gasteiger partial charge is 0.120 e. The number of ether oxygens (including phenoxy) is 1. The highest BCUT2D eigenvalue weighted by Gasteiger charge is 2.13. The molecular formula is C14H16ClNO2. The van der Waals surface area contributed by atoms with Crippen molar-refractivity contribution in [3.05, 3.63) is 40.5 Å². The number of halogens is 1. The Bertz CT molecular complexity index is 575. The SMILES string of the molecule is COc1ccc(-c2cc(CO)c(C)n2C)c(Cl)c1. The number of hydrogen-bond donors (Lipinski definition) is 1. The highest BCUT2D eigenvalue weighted by Crippen LogP contribution is 2.33. The van der Waals surface area contributed by atoms with Gasteiger partial charge in [0.1, 0.15) is 5.75 Å². The molecule has 0 radical (unpaired) electrons. The normalized spacial score (nSPS) is 10.7. The Morgan fingerprint density at radius 1 is 1.33 bits per heavy atom. The molecule has 0 saturated carbocycles. The molecule has 1 aromatic heterocycles. The van der Waals surface area contributed by atoms with Crippen LogP contribution in [0.25, 0.3) is 11.3 Å². The topological polar surface area (TPSA) is 34.4 Å². The Hall–Kier alpha value is -1.45. The summed E-state index contributed by atoms with van der Waals surface area (Å²) >= 11 is 6.26. The zero-order valence-electron chi connectivity index (χ0n) is 10.7. The Morgan fingerprint density at radius 3 is 2.56 bits per heavy atom. The van der Waals surface area contributed by atoms with E-state index < -0.39 is 0 Å². The first kappa shape index (κ1) is 13.0.